The Hall–Kier alpha value is -1.78. The summed E-state index contributed by atoms with van der Waals surface area (Å²) in [5, 5.41) is 17.5. The molecule has 0 aliphatic rings. The summed E-state index contributed by atoms with van der Waals surface area (Å²) in [4.78, 5) is 21.4. The average molecular weight is 327 g/mol. The van der Waals surface area contributed by atoms with Crippen LogP contribution < -0.4 is 0 Å². The van der Waals surface area contributed by atoms with Crippen LogP contribution in [0.2, 0.25) is 0 Å². The molecule has 0 aliphatic heterocycles. The Morgan fingerprint density at radius 3 is 2.45 bits per heavy atom. The van der Waals surface area contributed by atoms with Crippen molar-refractivity contribution in [2.75, 3.05) is 12.8 Å². The lowest BCUT2D eigenvalue weighted by molar-refractivity contribution is -0.142. The summed E-state index contributed by atoms with van der Waals surface area (Å²) in [5.74, 6) is -3.16. The van der Waals surface area contributed by atoms with Gasteiger partial charge in [-0.15, -0.1) is 4.52 Å². The fourth-order valence-electron chi connectivity index (χ4n) is 1.91. The van der Waals surface area contributed by atoms with E-state index in [4.69, 9.17) is 14.7 Å². The second-order valence-electron chi connectivity index (χ2n) is 4.91. The van der Waals surface area contributed by atoms with Gasteiger partial charge in [0.05, 0.1) is 0 Å². The van der Waals surface area contributed by atoms with Crippen LogP contribution in [0.25, 0.3) is 0 Å². The van der Waals surface area contributed by atoms with Crippen molar-refractivity contribution < 1.29 is 28.9 Å². The van der Waals surface area contributed by atoms with Crippen molar-refractivity contribution in [3.8, 4) is 0 Å². The predicted octanol–water partition coefficient (Wildman–Crippen LogP) is 2.94. The van der Waals surface area contributed by atoms with E-state index in [1.165, 1.54) is 0 Å². The number of aliphatic carboxylic acids is 2. The van der Waals surface area contributed by atoms with Crippen LogP contribution in [-0.2, 0) is 25.1 Å². The fourth-order valence-corrected chi connectivity index (χ4v) is 3.05. The van der Waals surface area contributed by atoms with E-state index in [1.807, 2.05) is 30.3 Å². The van der Waals surface area contributed by atoms with Crippen molar-refractivity contribution in [1.29, 1.82) is 0 Å². The van der Waals surface area contributed by atoms with Crippen LogP contribution >= 0.6 is 8.03 Å². The van der Waals surface area contributed by atoms with Crippen molar-refractivity contribution >= 4 is 20.0 Å². The zero-order valence-electron chi connectivity index (χ0n) is 12.2. The summed E-state index contributed by atoms with van der Waals surface area (Å²) in [7, 11) is -2.09. The molecule has 1 aromatic rings. The first kappa shape index (κ1) is 18.3. The standard InChI is InChI=1S/C15H19O6P/c16-14(17)9-8-13(15(18)19)11-22(20)21-10-4-7-12-5-2-1-3-6-12/h1-3,5-6,13H,4,7-11H2,(H-,16,17,18,19)/p+1. The number of aryl methyl sites for hydroxylation is 1. The summed E-state index contributed by atoms with van der Waals surface area (Å²) in [5.41, 5.74) is 1.16. The molecule has 0 saturated carbocycles. The second kappa shape index (κ2) is 10.0. The van der Waals surface area contributed by atoms with E-state index in [9.17, 15) is 14.2 Å². The lowest BCUT2D eigenvalue weighted by Gasteiger charge is -2.04. The Bertz CT molecular complexity index is 502. The maximum Gasteiger partial charge on any atom is 0.508 e. The van der Waals surface area contributed by atoms with Gasteiger partial charge in [0.2, 0.25) is 0 Å². The number of carbonyl (C=O) groups is 2. The topological polar surface area (TPSA) is 101 Å². The SMILES string of the molecule is O=C(O)CCC(C[P+](=O)OCCCc1ccccc1)C(=O)O. The van der Waals surface area contributed by atoms with Gasteiger partial charge in [-0.25, -0.2) is 0 Å². The van der Waals surface area contributed by atoms with Crippen LogP contribution in [0.5, 0.6) is 0 Å². The molecular weight excluding hydrogens is 307 g/mol. The van der Waals surface area contributed by atoms with Gasteiger partial charge in [0.1, 0.15) is 12.5 Å². The van der Waals surface area contributed by atoms with Gasteiger partial charge in [-0.2, -0.15) is 0 Å². The molecular formula is C15H20O6P+. The summed E-state index contributed by atoms with van der Waals surface area (Å²) < 4.78 is 16.9. The third-order valence-corrected chi connectivity index (χ3v) is 4.32. The largest absolute Gasteiger partial charge is 0.508 e. The van der Waals surface area contributed by atoms with Gasteiger partial charge in [0, 0.05) is 6.42 Å². The molecule has 120 valence electrons. The zero-order chi connectivity index (χ0) is 16.4. The second-order valence-corrected chi connectivity index (χ2v) is 6.19. The number of hydrogen-bond acceptors (Lipinski definition) is 4. The van der Waals surface area contributed by atoms with Crippen LogP contribution in [-0.4, -0.2) is 34.9 Å². The molecule has 0 bridgehead atoms. The average Bonchev–Trinajstić information content (AvgIpc) is 2.48. The minimum Gasteiger partial charge on any atom is -0.481 e. The first-order valence-electron chi connectivity index (χ1n) is 7.05. The molecule has 2 N–H and O–H groups in total. The number of carboxylic acid groups (broad SMARTS) is 2. The molecule has 0 heterocycles. The van der Waals surface area contributed by atoms with Crippen LogP contribution in [0.4, 0.5) is 0 Å². The highest BCUT2D eigenvalue weighted by Gasteiger charge is 2.30. The van der Waals surface area contributed by atoms with E-state index in [0.717, 1.165) is 12.0 Å². The van der Waals surface area contributed by atoms with Crippen molar-refractivity contribution in [1.82, 2.24) is 0 Å². The molecule has 22 heavy (non-hydrogen) atoms. The third kappa shape index (κ3) is 7.86. The number of carboxylic acids is 2. The highest BCUT2D eigenvalue weighted by Crippen LogP contribution is 2.28. The van der Waals surface area contributed by atoms with Gasteiger partial charge >= 0.3 is 20.0 Å². The highest BCUT2D eigenvalue weighted by atomic mass is 31.1. The van der Waals surface area contributed by atoms with Crippen LogP contribution in [0.15, 0.2) is 30.3 Å². The molecule has 0 aliphatic carbocycles. The Labute approximate surface area is 130 Å². The molecule has 0 fully saturated rings. The lowest BCUT2D eigenvalue weighted by atomic mass is 10.1. The minimum absolute atomic E-state index is 0.0425. The fraction of sp³-hybridized carbons (Fsp3) is 0.467. The number of rotatable bonds is 11. The summed E-state index contributed by atoms with van der Waals surface area (Å²) >= 11 is 0. The third-order valence-electron chi connectivity index (χ3n) is 3.11. The van der Waals surface area contributed by atoms with E-state index in [1.54, 1.807) is 0 Å². The van der Waals surface area contributed by atoms with E-state index in [2.05, 4.69) is 0 Å². The van der Waals surface area contributed by atoms with Crippen LogP contribution in [0.3, 0.4) is 0 Å². The maximum atomic E-state index is 11.7. The van der Waals surface area contributed by atoms with Gasteiger partial charge in [0.25, 0.3) is 0 Å². The Morgan fingerprint density at radius 2 is 1.86 bits per heavy atom. The normalized spacial score (nSPS) is 12.6. The summed E-state index contributed by atoms with van der Waals surface area (Å²) in [6, 6.07) is 9.80. The lowest BCUT2D eigenvalue weighted by Crippen LogP contribution is -2.18. The molecule has 1 rings (SSSR count). The Balaban J connectivity index is 2.25. The van der Waals surface area contributed by atoms with Gasteiger partial charge in [-0.3, -0.25) is 9.59 Å². The monoisotopic (exact) mass is 327 g/mol. The molecule has 0 spiro atoms. The van der Waals surface area contributed by atoms with Crippen molar-refractivity contribution in [3.63, 3.8) is 0 Å². The quantitative estimate of drug-likeness (QED) is 0.479. The Kier molecular flexibility index (Phi) is 8.33. The van der Waals surface area contributed by atoms with E-state index in [0.29, 0.717) is 6.42 Å². The molecule has 1 aromatic carbocycles. The van der Waals surface area contributed by atoms with Gasteiger partial charge in [0.15, 0.2) is 6.16 Å². The van der Waals surface area contributed by atoms with Crippen molar-refractivity contribution in [3.05, 3.63) is 35.9 Å². The van der Waals surface area contributed by atoms with E-state index in [-0.39, 0.29) is 25.6 Å². The van der Waals surface area contributed by atoms with Gasteiger partial charge in [-0.1, -0.05) is 30.3 Å². The summed E-state index contributed by atoms with van der Waals surface area (Å²) in [6.07, 6.45) is 1.04. The molecule has 0 saturated heterocycles. The first-order valence-corrected chi connectivity index (χ1v) is 8.41. The van der Waals surface area contributed by atoms with E-state index >= 15 is 0 Å². The smallest absolute Gasteiger partial charge is 0.481 e. The summed E-state index contributed by atoms with van der Waals surface area (Å²) in [6.45, 7) is 0.287. The van der Waals surface area contributed by atoms with Crippen molar-refractivity contribution in [2.45, 2.75) is 25.7 Å². The molecule has 6 nitrogen and oxygen atoms in total. The predicted molar refractivity (Wildman–Crippen MR) is 81.2 cm³/mol. The molecule has 2 unspecified atom stereocenters. The maximum absolute atomic E-state index is 11.7. The molecule has 2 atom stereocenters. The molecule has 0 aromatic heterocycles. The minimum atomic E-state index is -2.09. The van der Waals surface area contributed by atoms with E-state index < -0.39 is 25.9 Å². The Morgan fingerprint density at radius 1 is 1.18 bits per heavy atom. The number of benzene rings is 1. The zero-order valence-corrected chi connectivity index (χ0v) is 13.1. The molecule has 0 radical (unpaired) electrons. The van der Waals surface area contributed by atoms with Gasteiger partial charge < -0.3 is 10.2 Å². The number of hydrogen-bond donors (Lipinski definition) is 2. The van der Waals surface area contributed by atoms with Gasteiger partial charge in [-0.05, 0) is 29.4 Å². The van der Waals surface area contributed by atoms with Crippen LogP contribution in [0, 0.1) is 5.92 Å². The molecule has 0 amide bonds. The first-order chi connectivity index (χ1) is 10.5. The highest BCUT2D eigenvalue weighted by molar-refractivity contribution is 7.39. The van der Waals surface area contributed by atoms with Crippen molar-refractivity contribution in [2.24, 2.45) is 5.92 Å². The molecule has 7 heteroatoms. The van der Waals surface area contributed by atoms with Crippen LogP contribution in [0.1, 0.15) is 24.8 Å².